The predicted octanol–water partition coefficient (Wildman–Crippen LogP) is 2.51. The number of aromatic amines is 1. The van der Waals surface area contributed by atoms with Gasteiger partial charge in [-0.25, -0.2) is 4.98 Å². The van der Waals surface area contributed by atoms with Crippen LogP contribution in [0.4, 0.5) is 0 Å². The number of hydrogen-bond acceptors (Lipinski definition) is 3. The molecule has 96 valence electrons. The molecule has 0 aliphatic heterocycles. The van der Waals surface area contributed by atoms with Gasteiger partial charge >= 0.3 is 0 Å². The van der Waals surface area contributed by atoms with Gasteiger partial charge in [-0.2, -0.15) is 0 Å². The lowest BCUT2D eigenvalue weighted by Crippen LogP contribution is -2.20. The smallest absolute Gasteiger partial charge is 0.127 e. The minimum absolute atomic E-state index is 0.00921. The molecular weight excluding hydrogens is 226 g/mol. The number of hydrogen-bond donors (Lipinski definition) is 2. The van der Waals surface area contributed by atoms with Gasteiger partial charge in [0.25, 0.3) is 0 Å². The van der Waals surface area contributed by atoms with E-state index in [-0.39, 0.29) is 12.1 Å². The molecule has 0 amide bonds. The van der Waals surface area contributed by atoms with Crippen LogP contribution in [0.2, 0.25) is 0 Å². The Morgan fingerprint density at radius 1 is 1.28 bits per heavy atom. The van der Waals surface area contributed by atoms with Gasteiger partial charge in [0.15, 0.2) is 0 Å². The first kappa shape index (κ1) is 12.6. The van der Waals surface area contributed by atoms with Gasteiger partial charge in [-0.15, -0.1) is 0 Å². The van der Waals surface area contributed by atoms with E-state index in [1.165, 1.54) is 0 Å². The summed E-state index contributed by atoms with van der Waals surface area (Å²) in [5.74, 6) is 1.78. The maximum atomic E-state index is 5.84. The standard InChI is InChI=1S/C14H19N3O/c1-10(2)18-12-7-5-4-6-11(12)13(15-3)14-16-8-9-17-14/h4-10,13,15H,1-3H3,(H,16,17). The molecule has 0 saturated heterocycles. The summed E-state index contributed by atoms with van der Waals surface area (Å²) < 4.78 is 5.84. The molecule has 0 saturated carbocycles. The van der Waals surface area contributed by atoms with E-state index >= 15 is 0 Å². The zero-order valence-corrected chi connectivity index (χ0v) is 11.0. The van der Waals surface area contributed by atoms with Crippen molar-refractivity contribution in [3.63, 3.8) is 0 Å². The Hall–Kier alpha value is -1.81. The molecule has 0 bridgehead atoms. The molecule has 1 unspecified atom stereocenters. The van der Waals surface area contributed by atoms with Gasteiger partial charge in [-0.1, -0.05) is 18.2 Å². The molecule has 1 aromatic carbocycles. The molecule has 1 heterocycles. The number of nitrogens with one attached hydrogen (secondary N) is 2. The van der Waals surface area contributed by atoms with Gasteiger partial charge in [-0.3, -0.25) is 0 Å². The third-order valence-corrected chi connectivity index (χ3v) is 2.67. The van der Waals surface area contributed by atoms with E-state index in [4.69, 9.17) is 4.74 Å². The van der Waals surface area contributed by atoms with Crippen molar-refractivity contribution in [2.75, 3.05) is 7.05 Å². The normalized spacial score (nSPS) is 12.7. The Morgan fingerprint density at radius 3 is 2.67 bits per heavy atom. The zero-order valence-electron chi connectivity index (χ0n) is 11.0. The number of H-pyrrole nitrogens is 1. The van der Waals surface area contributed by atoms with Crippen molar-refractivity contribution in [1.29, 1.82) is 0 Å². The molecule has 4 heteroatoms. The Bertz CT molecular complexity index is 480. The first-order valence-electron chi connectivity index (χ1n) is 6.14. The molecule has 0 aliphatic rings. The highest BCUT2D eigenvalue weighted by Gasteiger charge is 2.18. The van der Waals surface area contributed by atoms with Crippen LogP contribution < -0.4 is 10.1 Å². The Kier molecular flexibility index (Phi) is 3.99. The summed E-state index contributed by atoms with van der Waals surface area (Å²) in [6, 6.07) is 8.05. The number of rotatable bonds is 5. The van der Waals surface area contributed by atoms with Crippen LogP contribution in [0.1, 0.15) is 31.3 Å². The third kappa shape index (κ3) is 2.71. The lowest BCUT2D eigenvalue weighted by atomic mass is 10.1. The molecular formula is C14H19N3O. The maximum absolute atomic E-state index is 5.84. The van der Waals surface area contributed by atoms with Gasteiger partial charge in [0.1, 0.15) is 11.6 Å². The van der Waals surface area contributed by atoms with Crippen LogP contribution in [0.3, 0.4) is 0 Å². The molecule has 4 nitrogen and oxygen atoms in total. The van der Waals surface area contributed by atoms with Crippen LogP contribution in [0, 0.1) is 0 Å². The van der Waals surface area contributed by atoms with Crippen molar-refractivity contribution < 1.29 is 4.74 Å². The van der Waals surface area contributed by atoms with E-state index in [1.807, 2.05) is 45.3 Å². The first-order chi connectivity index (χ1) is 8.72. The Morgan fingerprint density at radius 2 is 2.06 bits per heavy atom. The monoisotopic (exact) mass is 245 g/mol. The fourth-order valence-electron chi connectivity index (χ4n) is 1.96. The van der Waals surface area contributed by atoms with Gasteiger partial charge < -0.3 is 15.0 Å². The van der Waals surface area contributed by atoms with Crippen LogP contribution in [0.5, 0.6) is 5.75 Å². The first-order valence-corrected chi connectivity index (χ1v) is 6.14. The number of ether oxygens (including phenoxy) is 1. The lowest BCUT2D eigenvalue weighted by molar-refractivity contribution is 0.238. The largest absolute Gasteiger partial charge is 0.491 e. The van der Waals surface area contributed by atoms with Crippen LogP contribution in [-0.4, -0.2) is 23.1 Å². The summed E-state index contributed by atoms with van der Waals surface area (Å²) in [7, 11) is 1.92. The number of aromatic nitrogens is 2. The highest BCUT2D eigenvalue weighted by atomic mass is 16.5. The number of benzene rings is 1. The highest BCUT2D eigenvalue weighted by Crippen LogP contribution is 2.28. The Balaban J connectivity index is 2.36. The zero-order chi connectivity index (χ0) is 13.0. The van der Waals surface area contributed by atoms with E-state index in [2.05, 4.69) is 21.4 Å². The van der Waals surface area contributed by atoms with Crippen molar-refractivity contribution in [2.24, 2.45) is 0 Å². The topological polar surface area (TPSA) is 49.9 Å². The van der Waals surface area contributed by atoms with Crippen molar-refractivity contribution >= 4 is 0 Å². The second-order valence-electron chi connectivity index (χ2n) is 4.40. The quantitative estimate of drug-likeness (QED) is 0.851. The summed E-state index contributed by atoms with van der Waals surface area (Å²) in [5, 5.41) is 3.26. The van der Waals surface area contributed by atoms with Gasteiger partial charge in [0.2, 0.25) is 0 Å². The average molecular weight is 245 g/mol. The SMILES string of the molecule is CNC(c1ncc[nH]1)c1ccccc1OC(C)C. The fourth-order valence-corrected chi connectivity index (χ4v) is 1.96. The van der Waals surface area contributed by atoms with Gasteiger partial charge in [0, 0.05) is 18.0 Å². The summed E-state index contributed by atoms with van der Waals surface area (Å²) in [6.07, 6.45) is 3.73. The van der Waals surface area contributed by atoms with Crippen LogP contribution >= 0.6 is 0 Å². The molecule has 1 atom stereocenters. The van der Waals surface area contributed by atoms with Gasteiger partial charge in [0.05, 0.1) is 12.1 Å². The van der Waals surface area contributed by atoms with E-state index in [0.29, 0.717) is 0 Å². The van der Waals surface area contributed by atoms with E-state index in [9.17, 15) is 0 Å². The van der Waals surface area contributed by atoms with E-state index in [1.54, 1.807) is 6.20 Å². The summed E-state index contributed by atoms with van der Waals surface area (Å²) in [6.45, 7) is 4.05. The van der Waals surface area contributed by atoms with Crippen molar-refractivity contribution in [3.8, 4) is 5.75 Å². The summed E-state index contributed by atoms with van der Waals surface area (Å²) >= 11 is 0. The molecule has 2 rings (SSSR count). The van der Waals surface area contributed by atoms with Crippen LogP contribution in [0.25, 0.3) is 0 Å². The highest BCUT2D eigenvalue weighted by molar-refractivity contribution is 5.38. The fraction of sp³-hybridized carbons (Fsp3) is 0.357. The maximum Gasteiger partial charge on any atom is 0.127 e. The molecule has 18 heavy (non-hydrogen) atoms. The molecule has 0 fully saturated rings. The Labute approximate surface area is 107 Å². The molecule has 2 N–H and O–H groups in total. The minimum Gasteiger partial charge on any atom is -0.491 e. The second kappa shape index (κ2) is 5.69. The van der Waals surface area contributed by atoms with Crippen molar-refractivity contribution in [3.05, 3.63) is 48.0 Å². The second-order valence-corrected chi connectivity index (χ2v) is 4.40. The summed E-state index contributed by atoms with van der Waals surface area (Å²) in [4.78, 5) is 7.45. The van der Waals surface area contributed by atoms with E-state index < -0.39 is 0 Å². The lowest BCUT2D eigenvalue weighted by Gasteiger charge is -2.20. The number of para-hydroxylation sites is 1. The molecule has 0 radical (unpaired) electrons. The molecule has 1 aromatic heterocycles. The predicted molar refractivity (Wildman–Crippen MR) is 71.7 cm³/mol. The average Bonchev–Trinajstić information content (AvgIpc) is 2.85. The summed E-state index contributed by atoms with van der Waals surface area (Å²) in [5.41, 5.74) is 1.09. The van der Waals surface area contributed by atoms with Crippen LogP contribution in [0.15, 0.2) is 36.7 Å². The molecule has 2 aromatic rings. The van der Waals surface area contributed by atoms with Crippen molar-refractivity contribution in [2.45, 2.75) is 26.0 Å². The third-order valence-electron chi connectivity index (χ3n) is 2.67. The van der Waals surface area contributed by atoms with Crippen LogP contribution in [-0.2, 0) is 0 Å². The van der Waals surface area contributed by atoms with Crippen molar-refractivity contribution in [1.82, 2.24) is 15.3 Å². The number of nitrogens with zero attached hydrogens (tertiary/aromatic N) is 1. The van der Waals surface area contributed by atoms with E-state index in [0.717, 1.165) is 17.1 Å². The molecule has 0 spiro atoms. The molecule has 0 aliphatic carbocycles. The number of imidazole rings is 1. The van der Waals surface area contributed by atoms with Gasteiger partial charge in [-0.05, 0) is 27.0 Å². The minimum atomic E-state index is 0.00921.